The van der Waals surface area contributed by atoms with Gasteiger partial charge in [-0.25, -0.2) is 4.79 Å². The fourth-order valence-electron chi connectivity index (χ4n) is 1.71. The number of para-hydroxylation sites is 2. The highest BCUT2D eigenvalue weighted by molar-refractivity contribution is 6.32. The summed E-state index contributed by atoms with van der Waals surface area (Å²) in [6.07, 6.45) is 0. The second-order valence-electron chi connectivity index (χ2n) is 4.42. The van der Waals surface area contributed by atoms with E-state index >= 15 is 0 Å². The van der Waals surface area contributed by atoms with Crippen LogP contribution in [0.25, 0.3) is 0 Å². The molecule has 2 aromatic carbocycles. The minimum absolute atomic E-state index is 0.000195. The number of hydrogen-bond donors (Lipinski definition) is 0. The predicted molar refractivity (Wildman–Crippen MR) is 80.4 cm³/mol. The average Bonchev–Trinajstić information content (AvgIpc) is 2.49. The van der Waals surface area contributed by atoms with Gasteiger partial charge in [0.15, 0.2) is 12.4 Å². The van der Waals surface area contributed by atoms with Crippen LogP contribution in [0.4, 0.5) is 5.69 Å². The number of rotatable bonds is 5. The van der Waals surface area contributed by atoms with Crippen LogP contribution in [0.5, 0.6) is 11.5 Å². The summed E-state index contributed by atoms with van der Waals surface area (Å²) in [4.78, 5) is 22.0. The van der Waals surface area contributed by atoms with Crippen LogP contribution in [-0.2, 0) is 4.79 Å². The number of carbonyl (C=O) groups is 1. The van der Waals surface area contributed by atoms with Crippen molar-refractivity contribution in [2.45, 2.75) is 6.92 Å². The largest absolute Gasteiger partial charge is 0.475 e. The molecule has 0 unspecified atom stereocenters. The van der Waals surface area contributed by atoms with E-state index in [-0.39, 0.29) is 17.2 Å². The molecule has 0 fully saturated rings. The third-order valence-corrected chi connectivity index (χ3v) is 3.03. The Morgan fingerprint density at radius 2 is 1.95 bits per heavy atom. The van der Waals surface area contributed by atoms with Crippen LogP contribution in [0.3, 0.4) is 0 Å². The van der Waals surface area contributed by atoms with Crippen molar-refractivity contribution in [1.29, 1.82) is 0 Å². The lowest BCUT2D eigenvalue weighted by Gasteiger charge is -2.08. The molecule has 0 N–H and O–H groups in total. The van der Waals surface area contributed by atoms with Gasteiger partial charge in [-0.1, -0.05) is 29.8 Å². The van der Waals surface area contributed by atoms with Gasteiger partial charge in [0, 0.05) is 6.07 Å². The Labute approximate surface area is 131 Å². The van der Waals surface area contributed by atoms with E-state index in [1.165, 1.54) is 18.2 Å². The average molecular weight is 322 g/mol. The molecule has 0 atom stereocenters. The maximum atomic E-state index is 11.8. The zero-order chi connectivity index (χ0) is 16.1. The first-order chi connectivity index (χ1) is 10.5. The van der Waals surface area contributed by atoms with Gasteiger partial charge in [-0.05, 0) is 30.7 Å². The number of nitrogens with zero attached hydrogens (tertiary/aromatic N) is 1. The Bertz CT molecular complexity index is 717. The Balaban J connectivity index is 2.02. The van der Waals surface area contributed by atoms with E-state index < -0.39 is 17.5 Å². The number of benzene rings is 2. The van der Waals surface area contributed by atoms with Gasteiger partial charge in [0.1, 0.15) is 5.75 Å². The lowest BCUT2D eigenvalue weighted by atomic mass is 10.2. The number of ether oxygens (including phenoxy) is 2. The van der Waals surface area contributed by atoms with Gasteiger partial charge in [-0.15, -0.1) is 0 Å². The zero-order valence-corrected chi connectivity index (χ0v) is 12.4. The quantitative estimate of drug-likeness (QED) is 0.364. The fourth-order valence-corrected chi connectivity index (χ4v) is 1.86. The second-order valence-corrected chi connectivity index (χ2v) is 4.83. The Morgan fingerprint density at radius 3 is 2.68 bits per heavy atom. The van der Waals surface area contributed by atoms with Crippen molar-refractivity contribution in [3.05, 3.63) is 63.2 Å². The maximum Gasteiger partial charge on any atom is 0.349 e. The summed E-state index contributed by atoms with van der Waals surface area (Å²) in [6.45, 7) is 1.37. The van der Waals surface area contributed by atoms with E-state index in [1.54, 1.807) is 24.3 Å². The topological polar surface area (TPSA) is 78.7 Å². The number of esters is 1. The lowest BCUT2D eigenvalue weighted by molar-refractivity contribution is -0.385. The van der Waals surface area contributed by atoms with Crippen molar-refractivity contribution in [2.75, 3.05) is 6.61 Å². The third-order valence-electron chi connectivity index (χ3n) is 2.72. The van der Waals surface area contributed by atoms with Crippen LogP contribution in [-0.4, -0.2) is 17.5 Å². The van der Waals surface area contributed by atoms with Crippen molar-refractivity contribution in [3.63, 3.8) is 0 Å². The van der Waals surface area contributed by atoms with Crippen LogP contribution in [0, 0.1) is 17.0 Å². The van der Waals surface area contributed by atoms with E-state index in [0.717, 1.165) is 5.56 Å². The summed E-state index contributed by atoms with van der Waals surface area (Å²) in [5.74, 6) is -0.483. The van der Waals surface area contributed by atoms with Gasteiger partial charge >= 0.3 is 11.7 Å². The van der Waals surface area contributed by atoms with Gasteiger partial charge in [-0.2, -0.15) is 0 Å². The highest BCUT2D eigenvalue weighted by Crippen LogP contribution is 2.27. The van der Waals surface area contributed by atoms with Gasteiger partial charge in [0.25, 0.3) is 0 Å². The summed E-state index contributed by atoms with van der Waals surface area (Å²) < 4.78 is 10.2. The van der Waals surface area contributed by atoms with Crippen LogP contribution in [0.2, 0.25) is 5.02 Å². The van der Waals surface area contributed by atoms with Gasteiger partial charge in [0.05, 0.1) is 9.95 Å². The van der Waals surface area contributed by atoms with E-state index in [0.29, 0.717) is 5.02 Å². The van der Waals surface area contributed by atoms with E-state index in [4.69, 9.17) is 21.1 Å². The molecule has 0 aromatic heterocycles. The molecule has 0 aliphatic carbocycles. The third kappa shape index (κ3) is 3.95. The summed E-state index contributed by atoms with van der Waals surface area (Å²) in [7, 11) is 0. The van der Waals surface area contributed by atoms with Crippen LogP contribution in [0.15, 0.2) is 42.5 Å². The van der Waals surface area contributed by atoms with Crippen LogP contribution in [0.1, 0.15) is 5.56 Å². The number of hydrogen-bond acceptors (Lipinski definition) is 5. The van der Waals surface area contributed by atoms with Gasteiger partial charge < -0.3 is 9.47 Å². The SMILES string of the molecule is Cc1ccc(Cl)c(OC(=O)COc2ccccc2[N+](=O)[O-])c1. The molecule has 0 aliphatic rings. The molecule has 2 aromatic rings. The summed E-state index contributed by atoms with van der Waals surface area (Å²) in [5, 5.41) is 11.1. The lowest BCUT2D eigenvalue weighted by Crippen LogP contribution is -2.18. The molecule has 0 saturated heterocycles. The molecular formula is C15H12ClNO5. The highest BCUT2D eigenvalue weighted by Gasteiger charge is 2.16. The van der Waals surface area contributed by atoms with Crippen molar-refractivity contribution < 1.29 is 19.2 Å². The summed E-state index contributed by atoms with van der Waals surface area (Å²) in [5.41, 5.74) is 0.663. The number of halogens is 1. The number of nitro benzene ring substituents is 1. The zero-order valence-electron chi connectivity index (χ0n) is 11.6. The predicted octanol–water partition coefficient (Wildman–Crippen LogP) is 3.54. The molecule has 22 heavy (non-hydrogen) atoms. The molecule has 0 aliphatic heterocycles. The molecule has 0 heterocycles. The Kier molecular flexibility index (Phi) is 4.95. The highest BCUT2D eigenvalue weighted by atomic mass is 35.5. The molecule has 2 rings (SSSR count). The van der Waals surface area contributed by atoms with E-state index in [1.807, 2.05) is 6.92 Å². The van der Waals surface area contributed by atoms with Crippen molar-refractivity contribution in [3.8, 4) is 11.5 Å². The summed E-state index contributed by atoms with van der Waals surface area (Å²) in [6, 6.07) is 10.8. The van der Waals surface area contributed by atoms with Gasteiger partial charge in [-0.3, -0.25) is 10.1 Å². The minimum atomic E-state index is -0.703. The van der Waals surface area contributed by atoms with E-state index in [2.05, 4.69) is 0 Å². The molecule has 0 spiro atoms. The molecular weight excluding hydrogens is 310 g/mol. The minimum Gasteiger partial charge on any atom is -0.475 e. The van der Waals surface area contributed by atoms with Crippen molar-refractivity contribution >= 4 is 23.3 Å². The first kappa shape index (κ1) is 15.8. The molecule has 7 heteroatoms. The normalized spacial score (nSPS) is 10.1. The molecule has 114 valence electrons. The maximum absolute atomic E-state index is 11.8. The number of carbonyl (C=O) groups excluding carboxylic acids is 1. The number of aryl methyl sites for hydroxylation is 1. The van der Waals surface area contributed by atoms with E-state index in [9.17, 15) is 14.9 Å². The first-order valence-electron chi connectivity index (χ1n) is 6.30. The Morgan fingerprint density at radius 1 is 1.23 bits per heavy atom. The molecule has 0 amide bonds. The number of nitro groups is 1. The standard InChI is InChI=1S/C15H12ClNO5/c1-10-6-7-11(16)14(8-10)22-15(18)9-21-13-5-3-2-4-12(13)17(19)20/h2-8H,9H2,1H3. The second kappa shape index (κ2) is 6.91. The summed E-state index contributed by atoms with van der Waals surface area (Å²) >= 11 is 5.92. The molecule has 0 bridgehead atoms. The molecule has 6 nitrogen and oxygen atoms in total. The van der Waals surface area contributed by atoms with Crippen LogP contribution >= 0.6 is 11.6 Å². The Hall–Kier alpha value is -2.60. The molecule has 0 radical (unpaired) electrons. The smallest absolute Gasteiger partial charge is 0.349 e. The molecule has 0 saturated carbocycles. The fraction of sp³-hybridized carbons (Fsp3) is 0.133. The van der Waals surface area contributed by atoms with Crippen LogP contribution < -0.4 is 9.47 Å². The van der Waals surface area contributed by atoms with Crippen molar-refractivity contribution in [1.82, 2.24) is 0 Å². The monoisotopic (exact) mass is 321 g/mol. The first-order valence-corrected chi connectivity index (χ1v) is 6.68. The van der Waals surface area contributed by atoms with Gasteiger partial charge in [0.2, 0.25) is 0 Å². The van der Waals surface area contributed by atoms with Crippen molar-refractivity contribution in [2.24, 2.45) is 0 Å².